The summed E-state index contributed by atoms with van der Waals surface area (Å²) in [5.41, 5.74) is 0. The minimum absolute atomic E-state index is 0.339. The lowest BCUT2D eigenvalue weighted by molar-refractivity contribution is 0.556. The molecule has 18 heavy (non-hydrogen) atoms. The number of hydrogen-bond acceptors (Lipinski definition) is 3. The highest BCUT2D eigenvalue weighted by molar-refractivity contribution is 6.30. The van der Waals surface area contributed by atoms with E-state index in [1.165, 1.54) is 18.7 Å². The van der Waals surface area contributed by atoms with Gasteiger partial charge in [0.2, 0.25) is 0 Å². The fourth-order valence-electron chi connectivity index (χ4n) is 2.37. The minimum Gasteiger partial charge on any atom is -0.353 e. The van der Waals surface area contributed by atoms with Gasteiger partial charge in [0.25, 0.3) is 0 Å². The molecule has 2 rings (SSSR count). The Balaban J connectivity index is 2.12. The van der Waals surface area contributed by atoms with Crippen LogP contribution in [0, 0.1) is 5.82 Å². The SMILES string of the molecule is CCCN(CC1CCCN1)c1ncc(Cl)cc1F. The van der Waals surface area contributed by atoms with Gasteiger partial charge in [0, 0.05) is 25.3 Å². The molecule has 1 aromatic rings. The van der Waals surface area contributed by atoms with E-state index in [1.54, 1.807) is 0 Å². The van der Waals surface area contributed by atoms with Gasteiger partial charge in [0.15, 0.2) is 11.6 Å². The van der Waals surface area contributed by atoms with Crippen LogP contribution in [0.5, 0.6) is 0 Å². The number of hydrogen-bond donors (Lipinski definition) is 1. The second-order valence-electron chi connectivity index (χ2n) is 4.70. The Labute approximate surface area is 112 Å². The zero-order valence-electron chi connectivity index (χ0n) is 10.6. The molecule has 2 heterocycles. The fraction of sp³-hybridized carbons (Fsp3) is 0.615. The van der Waals surface area contributed by atoms with Crippen molar-refractivity contribution in [3.63, 3.8) is 0 Å². The van der Waals surface area contributed by atoms with Crippen LogP contribution in [0.4, 0.5) is 10.2 Å². The summed E-state index contributed by atoms with van der Waals surface area (Å²) in [4.78, 5) is 6.14. The molecule has 0 saturated carbocycles. The monoisotopic (exact) mass is 271 g/mol. The Kier molecular flexibility index (Phi) is 4.78. The molecule has 1 atom stereocenters. The molecule has 1 N–H and O–H groups in total. The van der Waals surface area contributed by atoms with Gasteiger partial charge < -0.3 is 10.2 Å². The normalized spacial score (nSPS) is 19.2. The van der Waals surface area contributed by atoms with Crippen molar-refractivity contribution in [1.29, 1.82) is 0 Å². The zero-order valence-corrected chi connectivity index (χ0v) is 11.4. The van der Waals surface area contributed by atoms with Crippen molar-refractivity contribution in [2.75, 3.05) is 24.5 Å². The molecule has 1 saturated heterocycles. The molecule has 5 heteroatoms. The Hall–Kier alpha value is -0.870. The first-order chi connectivity index (χ1) is 8.70. The van der Waals surface area contributed by atoms with Crippen LogP contribution in [0.25, 0.3) is 0 Å². The average molecular weight is 272 g/mol. The minimum atomic E-state index is -0.339. The second kappa shape index (κ2) is 6.34. The van der Waals surface area contributed by atoms with E-state index < -0.39 is 0 Å². The number of nitrogens with zero attached hydrogens (tertiary/aromatic N) is 2. The summed E-state index contributed by atoms with van der Waals surface area (Å²) in [6, 6.07) is 1.77. The maximum atomic E-state index is 13.9. The third-order valence-electron chi connectivity index (χ3n) is 3.18. The molecule has 0 aliphatic carbocycles. The molecule has 1 unspecified atom stereocenters. The van der Waals surface area contributed by atoms with E-state index in [9.17, 15) is 4.39 Å². The molecule has 0 spiro atoms. The van der Waals surface area contributed by atoms with Gasteiger partial charge >= 0.3 is 0 Å². The highest BCUT2D eigenvalue weighted by Crippen LogP contribution is 2.21. The van der Waals surface area contributed by atoms with Crippen molar-refractivity contribution in [3.05, 3.63) is 23.1 Å². The summed E-state index contributed by atoms with van der Waals surface area (Å²) < 4.78 is 13.9. The van der Waals surface area contributed by atoms with E-state index in [0.717, 1.165) is 32.5 Å². The first kappa shape index (κ1) is 13.6. The van der Waals surface area contributed by atoms with E-state index in [2.05, 4.69) is 17.2 Å². The Morgan fingerprint density at radius 3 is 3.06 bits per heavy atom. The number of pyridine rings is 1. The quantitative estimate of drug-likeness (QED) is 0.893. The zero-order chi connectivity index (χ0) is 13.0. The number of rotatable bonds is 5. The molecule has 1 aliphatic rings. The maximum absolute atomic E-state index is 13.9. The Morgan fingerprint density at radius 2 is 2.44 bits per heavy atom. The van der Waals surface area contributed by atoms with Crippen LogP contribution in [-0.2, 0) is 0 Å². The number of halogens is 2. The average Bonchev–Trinajstić information content (AvgIpc) is 2.81. The molecule has 100 valence electrons. The smallest absolute Gasteiger partial charge is 0.167 e. The Bertz CT molecular complexity index is 394. The van der Waals surface area contributed by atoms with Gasteiger partial charge in [0.1, 0.15) is 0 Å². The van der Waals surface area contributed by atoms with Crippen molar-refractivity contribution in [1.82, 2.24) is 10.3 Å². The molecule has 0 bridgehead atoms. The third-order valence-corrected chi connectivity index (χ3v) is 3.39. The van der Waals surface area contributed by atoms with E-state index in [1.807, 2.05) is 4.90 Å². The van der Waals surface area contributed by atoms with Crippen LogP contribution in [0.3, 0.4) is 0 Å². The number of aromatic nitrogens is 1. The molecule has 0 aromatic carbocycles. The van der Waals surface area contributed by atoms with Crippen LogP contribution < -0.4 is 10.2 Å². The lowest BCUT2D eigenvalue weighted by Gasteiger charge is -2.26. The first-order valence-corrected chi connectivity index (χ1v) is 6.88. The van der Waals surface area contributed by atoms with Crippen molar-refractivity contribution >= 4 is 17.4 Å². The largest absolute Gasteiger partial charge is 0.353 e. The van der Waals surface area contributed by atoms with Crippen LogP contribution in [-0.4, -0.2) is 30.7 Å². The number of nitrogens with one attached hydrogen (secondary N) is 1. The molecular weight excluding hydrogens is 253 g/mol. The van der Waals surface area contributed by atoms with Gasteiger partial charge in [-0.1, -0.05) is 18.5 Å². The topological polar surface area (TPSA) is 28.2 Å². The summed E-state index contributed by atoms with van der Waals surface area (Å²) in [5, 5.41) is 3.77. The highest BCUT2D eigenvalue weighted by atomic mass is 35.5. The first-order valence-electron chi connectivity index (χ1n) is 6.50. The summed E-state index contributed by atoms with van der Waals surface area (Å²) in [6.07, 6.45) is 4.82. The van der Waals surface area contributed by atoms with Gasteiger partial charge in [-0.2, -0.15) is 0 Å². The predicted molar refractivity (Wildman–Crippen MR) is 72.7 cm³/mol. The van der Waals surface area contributed by atoms with Gasteiger partial charge in [-0.15, -0.1) is 0 Å². The molecule has 1 aromatic heterocycles. The van der Waals surface area contributed by atoms with Crippen LogP contribution >= 0.6 is 11.6 Å². The third kappa shape index (κ3) is 3.33. The van der Waals surface area contributed by atoms with Crippen LogP contribution in [0.15, 0.2) is 12.3 Å². The van der Waals surface area contributed by atoms with Gasteiger partial charge in [-0.05, 0) is 31.9 Å². The van der Waals surface area contributed by atoms with Crippen molar-refractivity contribution in [2.24, 2.45) is 0 Å². The van der Waals surface area contributed by atoms with Gasteiger partial charge in [-0.3, -0.25) is 0 Å². The molecule has 0 amide bonds. The molecule has 0 radical (unpaired) electrons. The number of anilines is 1. The van der Waals surface area contributed by atoms with E-state index in [4.69, 9.17) is 11.6 Å². The molecular formula is C13H19ClFN3. The summed E-state index contributed by atoms with van der Waals surface area (Å²) in [5.74, 6) is 0.0731. The standard InChI is InChI=1S/C13H19ClFN3/c1-2-6-18(9-11-4-3-5-16-11)13-12(15)7-10(14)8-17-13/h7-8,11,16H,2-6,9H2,1H3. The van der Waals surface area contributed by atoms with E-state index >= 15 is 0 Å². The Morgan fingerprint density at radius 1 is 1.61 bits per heavy atom. The van der Waals surface area contributed by atoms with Gasteiger partial charge in [0.05, 0.1) is 5.02 Å². The van der Waals surface area contributed by atoms with E-state index in [0.29, 0.717) is 16.9 Å². The lowest BCUT2D eigenvalue weighted by Crippen LogP contribution is -2.38. The predicted octanol–water partition coefficient (Wildman–Crippen LogP) is 2.84. The van der Waals surface area contributed by atoms with Crippen molar-refractivity contribution in [2.45, 2.75) is 32.2 Å². The second-order valence-corrected chi connectivity index (χ2v) is 5.13. The highest BCUT2D eigenvalue weighted by Gasteiger charge is 2.20. The molecule has 1 fully saturated rings. The summed E-state index contributed by atoms with van der Waals surface area (Å²) >= 11 is 5.74. The van der Waals surface area contributed by atoms with Crippen LogP contribution in [0.2, 0.25) is 5.02 Å². The maximum Gasteiger partial charge on any atom is 0.167 e. The van der Waals surface area contributed by atoms with E-state index in [-0.39, 0.29) is 5.82 Å². The van der Waals surface area contributed by atoms with Crippen molar-refractivity contribution < 1.29 is 4.39 Å². The molecule has 1 aliphatic heterocycles. The lowest BCUT2D eigenvalue weighted by atomic mass is 10.2. The summed E-state index contributed by atoms with van der Waals surface area (Å²) in [7, 11) is 0. The fourth-order valence-corrected chi connectivity index (χ4v) is 2.52. The van der Waals surface area contributed by atoms with Crippen LogP contribution in [0.1, 0.15) is 26.2 Å². The molecule has 3 nitrogen and oxygen atoms in total. The summed E-state index contributed by atoms with van der Waals surface area (Å²) in [6.45, 7) is 4.76. The van der Waals surface area contributed by atoms with Crippen molar-refractivity contribution in [3.8, 4) is 0 Å². The van der Waals surface area contributed by atoms with Gasteiger partial charge in [-0.25, -0.2) is 9.37 Å².